The predicted molar refractivity (Wildman–Crippen MR) is 106 cm³/mol. The van der Waals surface area contributed by atoms with Crippen molar-refractivity contribution >= 4 is 22.8 Å². The number of anilines is 1. The number of halogens is 1. The zero-order valence-electron chi connectivity index (χ0n) is 16.1. The van der Waals surface area contributed by atoms with Crippen LogP contribution in [0, 0.1) is 5.82 Å². The minimum absolute atomic E-state index is 0.0397. The maximum absolute atomic E-state index is 13.1. The average molecular weight is 381 g/mol. The highest BCUT2D eigenvalue weighted by molar-refractivity contribution is 5.87. The maximum Gasteiger partial charge on any atom is 0.227 e. The number of benzene rings is 1. The Labute approximate surface area is 163 Å². The van der Waals surface area contributed by atoms with Crippen LogP contribution in [0.2, 0.25) is 0 Å². The van der Waals surface area contributed by atoms with E-state index in [2.05, 4.69) is 29.4 Å². The molecule has 1 amide bonds. The zero-order valence-corrected chi connectivity index (χ0v) is 16.1. The molecule has 28 heavy (non-hydrogen) atoms. The number of hydrogen-bond acceptors (Lipinski definition) is 4. The van der Waals surface area contributed by atoms with Crippen molar-refractivity contribution in [3.8, 4) is 0 Å². The van der Waals surface area contributed by atoms with Crippen molar-refractivity contribution in [2.24, 2.45) is 0 Å². The summed E-state index contributed by atoms with van der Waals surface area (Å²) in [6.45, 7) is 4.84. The first-order valence-electron chi connectivity index (χ1n) is 9.67. The zero-order chi connectivity index (χ0) is 19.7. The molecule has 1 aliphatic rings. The fraction of sp³-hybridized carbons (Fsp3) is 0.381. The van der Waals surface area contributed by atoms with Gasteiger partial charge in [-0.15, -0.1) is 0 Å². The Bertz CT molecular complexity index is 982. The molecule has 1 fully saturated rings. The number of hydrogen-bond donors (Lipinski definition) is 2. The normalized spacial score (nSPS) is 16.9. The lowest BCUT2D eigenvalue weighted by atomic mass is 10.1. The number of amides is 1. The van der Waals surface area contributed by atoms with Gasteiger partial charge in [0.15, 0.2) is 11.5 Å². The number of carbonyl (C=O) groups excluding carboxylic acids is 1. The predicted octanol–water partition coefficient (Wildman–Crippen LogP) is 3.82. The van der Waals surface area contributed by atoms with Gasteiger partial charge >= 0.3 is 0 Å². The van der Waals surface area contributed by atoms with Gasteiger partial charge in [-0.25, -0.2) is 9.37 Å². The Morgan fingerprint density at radius 1 is 1.29 bits per heavy atom. The van der Waals surface area contributed by atoms with Gasteiger partial charge in [-0.2, -0.15) is 5.10 Å². The van der Waals surface area contributed by atoms with Crippen LogP contribution >= 0.6 is 0 Å². The second-order valence-corrected chi connectivity index (χ2v) is 7.55. The molecule has 0 aliphatic carbocycles. The number of likely N-dealkylation sites (tertiary alicyclic amines) is 1. The third kappa shape index (κ3) is 3.69. The number of aromatic amines is 1. The summed E-state index contributed by atoms with van der Waals surface area (Å²) >= 11 is 0. The number of nitrogens with zero attached hydrogens (tertiary/aromatic N) is 3. The summed E-state index contributed by atoms with van der Waals surface area (Å²) in [6, 6.07) is 10.3. The molecule has 1 atom stereocenters. The van der Waals surface area contributed by atoms with Gasteiger partial charge in [0, 0.05) is 12.6 Å². The molecule has 0 unspecified atom stereocenters. The molecular formula is C21H24FN5O. The quantitative estimate of drug-likeness (QED) is 0.705. The van der Waals surface area contributed by atoms with Crippen molar-refractivity contribution in [1.82, 2.24) is 20.1 Å². The minimum Gasteiger partial charge on any atom is -0.366 e. The van der Waals surface area contributed by atoms with Crippen molar-refractivity contribution < 1.29 is 9.18 Å². The molecule has 2 aromatic heterocycles. The molecule has 6 nitrogen and oxygen atoms in total. The Morgan fingerprint density at radius 3 is 2.82 bits per heavy atom. The van der Waals surface area contributed by atoms with Crippen LogP contribution in [0.1, 0.15) is 44.0 Å². The van der Waals surface area contributed by atoms with E-state index in [1.54, 1.807) is 12.1 Å². The van der Waals surface area contributed by atoms with Gasteiger partial charge < -0.3 is 10.2 Å². The second kappa shape index (κ2) is 7.58. The summed E-state index contributed by atoms with van der Waals surface area (Å²) in [4.78, 5) is 19.5. The third-order valence-corrected chi connectivity index (χ3v) is 5.05. The number of nitrogens with one attached hydrogen (secondary N) is 2. The maximum atomic E-state index is 13.1. The highest BCUT2D eigenvalue weighted by Crippen LogP contribution is 2.33. The highest BCUT2D eigenvalue weighted by atomic mass is 19.1. The van der Waals surface area contributed by atoms with Gasteiger partial charge in [0.05, 0.1) is 23.5 Å². The summed E-state index contributed by atoms with van der Waals surface area (Å²) in [7, 11) is 0. The first kappa shape index (κ1) is 18.4. The van der Waals surface area contributed by atoms with E-state index in [0.717, 1.165) is 41.0 Å². The van der Waals surface area contributed by atoms with Crippen LogP contribution in [0.5, 0.6) is 0 Å². The van der Waals surface area contributed by atoms with Crippen LogP contribution in [0.15, 0.2) is 36.4 Å². The summed E-state index contributed by atoms with van der Waals surface area (Å²) in [5.74, 6) is 0.543. The largest absolute Gasteiger partial charge is 0.366 e. The monoisotopic (exact) mass is 381 g/mol. The van der Waals surface area contributed by atoms with Crippen LogP contribution in [-0.4, -0.2) is 38.6 Å². The van der Waals surface area contributed by atoms with Crippen molar-refractivity contribution in [1.29, 1.82) is 0 Å². The standard InChI is InChI=1S/C21H24FN5O/c1-13(2)23-20-16-9-10-17(24-21(16)26-25-20)18-4-3-11-27(18)19(28)12-14-5-7-15(22)8-6-14/h5-10,13,18H,3-4,11-12H2,1-2H3,(H2,23,24,25,26)/t18-/m1/s1. The third-order valence-electron chi connectivity index (χ3n) is 5.05. The van der Waals surface area contributed by atoms with Crippen molar-refractivity contribution in [3.05, 3.63) is 53.5 Å². The first-order valence-corrected chi connectivity index (χ1v) is 9.67. The van der Waals surface area contributed by atoms with Crippen LogP contribution < -0.4 is 5.32 Å². The Morgan fingerprint density at radius 2 is 2.07 bits per heavy atom. The SMILES string of the molecule is CC(C)Nc1n[nH]c2nc([C@H]3CCCN3C(=O)Cc3ccc(F)cc3)ccc12. The molecule has 3 heterocycles. The molecule has 0 saturated carbocycles. The van der Waals surface area contributed by atoms with E-state index in [1.165, 1.54) is 12.1 Å². The summed E-state index contributed by atoms with van der Waals surface area (Å²) in [5.41, 5.74) is 2.41. The van der Waals surface area contributed by atoms with Crippen LogP contribution in [0.3, 0.4) is 0 Å². The van der Waals surface area contributed by atoms with Gasteiger partial charge in [0.25, 0.3) is 0 Å². The van der Waals surface area contributed by atoms with Crippen molar-refractivity contribution in [2.75, 3.05) is 11.9 Å². The molecule has 1 aromatic carbocycles. The van der Waals surface area contributed by atoms with Gasteiger partial charge in [0.1, 0.15) is 5.82 Å². The number of rotatable bonds is 5. The van der Waals surface area contributed by atoms with Crippen LogP contribution in [0.4, 0.5) is 10.2 Å². The molecule has 0 radical (unpaired) electrons. The van der Waals surface area contributed by atoms with E-state index in [4.69, 9.17) is 4.98 Å². The number of H-pyrrole nitrogens is 1. The molecule has 146 valence electrons. The molecule has 1 aliphatic heterocycles. The van der Waals surface area contributed by atoms with Crippen molar-refractivity contribution in [3.63, 3.8) is 0 Å². The Hall–Kier alpha value is -2.96. The summed E-state index contributed by atoms with van der Waals surface area (Å²) < 4.78 is 13.1. The molecule has 1 saturated heterocycles. The number of pyridine rings is 1. The van der Waals surface area contributed by atoms with E-state index in [9.17, 15) is 9.18 Å². The van der Waals surface area contributed by atoms with E-state index in [-0.39, 0.29) is 30.2 Å². The van der Waals surface area contributed by atoms with Crippen LogP contribution in [0.25, 0.3) is 11.0 Å². The second-order valence-electron chi connectivity index (χ2n) is 7.55. The number of fused-ring (bicyclic) bond motifs is 1. The molecule has 3 aromatic rings. The molecule has 7 heteroatoms. The Kier molecular flexibility index (Phi) is 4.98. The topological polar surface area (TPSA) is 73.9 Å². The molecule has 2 N–H and O–H groups in total. The first-order chi connectivity index (χ1) is 13.5. The molecule has 0 spiro atoms. The number of aromatic nitrogens is 3. The van der Waals surface area contributed by atoms with Gasteiger partial charge in [-0.1, -0.05) is 12.1 Å². The molecule has 0 bridgehead atoms. The molecular weight excluding hydrogens is 357 g/mol. The highest BCUT2D eigenvalue weighted by Gasteiger charge is 2.31. The molecule has 4 rings (SSSR count). The smallest absolute Gasteiger partial charge is 0.227 e. The lowest BCUT2D eigenvalue weighted by Crippen LogP contribution is -2.32. The summed E-state index contributed by atoms with van der Waals surface area (Å²) in [5, 5.41) is 11.5. The van der Waals surface area contributed by atoms with Gasteiger partial charge in [-0.05, 0) is 56.5 Å². The number of carbonyl (C=O) groups is 1. The van der Waals surface area contributed by atoms with E-state index >= 15 is 0 Å². The average Bonchev–Trinajstić information content (AvgIpc) is 3.30. The van der Waals surface area contributed by atoms with Gasteiger partial charge in [-0.3, -0.25) is 9.89 Å². The lowest BCUT2D eigenvalue weighted by Gasteiger charge is -2.24. The van der Waals surface area contributed by atoms with E-state index in [1.807, 2.05) is 17.0 Å². The summed E-state index contributed by atoms with van der Waals surface area (Å²) in [6.07, 6.45) is 2.10. The minimum atomic E-state index is -0.293. The van der Waals surface area contributed by atoms with E-state index < -0.39 is 0 Å². The van der Waals surface area contributed by atoms with Gasteiger partial charge in [0.2, 0.25) is 5.91 Å². The lowest BCUT2D eigenvalue weighted by molar-refractivity contribution is -0.131. The van der Waals surface area contributed by atoms with Crippen LogP contribution in [-0.2, 0) is 11.2 Å². The fourth-order valence-electron chi connectivity index (χ4n) is 3.74. The fourth-order valence-corrected chi connectivity index (χ4v) is 3.74. The van der Waals surface area contributed by atoms with E-state index in [0.29, 0.717) is 6.54 Å². The van der Waals surface area contributed by atoms with Crippen molar-refractivity contribution in [2.45, 2.75) is 45.2 Å². The Balaban J connectivity index is 1.54.